The molecule has 0 radical (unpaired) electrons. The molecule has 25 heavy (non-hydrogen) atoms. The average Bonchev–Trinajstić information content (AvgIpc) is 3.47. The summed E-state index contributed by atoms with van der Waals surface area (Å²) in [5, 5.41) is 2.98. The number of ether oxygens (including phenoxy) is 1. The van der Waals surface area contributed by atoms with Gasteiger partial charge in [-0.25, -0.2) is 9.97 Å². The van der Waals surface area contributed by atoms with Crippen molar-refractivity contribution in [3.05, 3.63) is 42.2 Å². The minimum absolute atomic E-state index is 0.0254. The van der Waals surface area contributed by atoms with Crippen molar-refractivity contribution in [2.75, 3.05) is 18.0 Å². The van der Waals surface area contributed by atoms with E-state index in [9.17, 15) is 4.79 Å². The second-order valence-electron chi connectivity index (χ2n) is 6.61. The van der Waals surface area contributed by atoms with Crippen LogP contribution >= 0.6 is 0 Å². The minimum atomic E-state index is -0.0254. The molecule has 0 spiro atoms. The third-order valence-corrected chi connectivity index (χ3v) is 4.55. The van der Waals surface area contributed by atoms with Gasteiger partial charge in [0.15, 0.2) is 5.82 Å². The molecule has 1 saturated heterocycles. The number of carbonyl (C=O) groups excluding carboxylic acids is 1. The summed E-state index contributed by atoms with van der Waals surface area (Å²) in [6.07, 6.45) is 9.10. The Labute approximate surface area is 147 Å². The molecule has 1 saturated carbocycles. The first-order chi connectivity index (χ1) is 12.3. The average molecular weight is 338 g/mol. The van der Waals surface area contributed by atoms with Gasteiger partial charge in [0, 0.05) is 37.1 Å². The second kappa shape index (κ2) is 7.09. The molecular formula is C19H22N4O2. The van der Waals surface area contributed by atoms with Crippen molar-refractivity contribution < 1.29 is 9.53 Å². The van der Waals surface area contributed by atoms with Gasteiger partial charge in [-0.1, -0.05) is 0 Å². The Morgan fingerprint density at radius 3 is 2.48 bits per heavy atom. The van der Waals surface area contributed by atoms with Crippen molar-refractivity contribution in [3.63, 3.8) is 0 Å². The monoisotopic (exact) mass is 338 g/mol. The summed E-state index contributed by atoms with van der Waals surface area (Å²) in [5.41, 5.74) is 0.648. The van der Waals surface area contributed by atoms with Crippen molar-refractivity contribution >= 4 is 11.7 Å². The van der Waals surface area contributed by atoms with Gasteiger partial charge < -0.3 is 15.0 Å². The molecule has 6 heteroatoms. The van der Waals surface area contributed by atoms with Crippen LogP contribution in [-0.2, 0) is 0 Å². The lowest BCUT2D eigenvalue weighted by molar-refractivity contribution is 0.0951. The number of rotatable bonds is 5. The molecule has 2 heterocycles. The highest BCUT2D eigenvalue weighted by molar-refractivity contribution is 5.94. The van der Waals surface area contributed by atoms with Gasteiger partial charge in [0.25, 0.3) is 11.8 Å². The summed E-state index contributed by atoms with van der Waals surface area (Å²) in [5.74, 6) is 1.93. The SMILES string of the molecule is O=C(NC1CC1)c1ccc(Oc2nccnc2N2CCCCC2)cc1. The lowest BCUT2D eigenvalue weighted by Gasteiger charge is -2.28. The standard InChI is InChI=1S/C19H22N4O2/c24-18(22-15-6-7-15)14-4-8-16(9-5-14)25-19-17(20-10-11-21-19)23-12-2-1-3-13-23/h4-5,8-11,15H,1-3,6-7,12-13H2,(H,22,24). The van der Waals surface area contributed by atoms with Crippen molar-refractivity contribution in [3.8, 4) is 11.6 Å². The van der Waals surface area contributed by atoms with E-state index in [4.69, 9.17) is 4.74 Å². The van der Waals surface area contributed by atoms with Gasteiger partial charge in [-0.2, -0.15) is 0 Å². The van der Waals surface area contributed by atoms with Crippen LogP contribution in [0.25, 0.3) is 0 Å². The third kappa shape index (κ3) is 3.90. The summed E-state index contributed by atoms with van der Waals surface area (Å²) < 4.78 is 5.94. The topological polar surface area (TPSA) is 67.3 Å². The molecule has 1 aliphatic carbocycles. The third-order valence-electron chi connectivity index (χ3n) is 4.55. The van der Waals surface area contributed by atoms with Crippen LogP contribution in [0.2, 0.25) is 0 Å². The van der Waals surface area contributed by atoms with E-state index in [-0.39, 0.29) is 5.91 Å². The summed E-state index contributed by atoms with van der Waals surface area (Å²) in [7, 11) is 0. The maximum absolute atomic E-state index is 12.0. The van der Waals surface area contributed by atoms with Crippen LogP contribution in [0.15, 0.2) is 36.7 Å². The Kier molecular flexibility index (Phi) is 4.50. The number of aromatic nitrogens is 2. The minimum Gasteiger partial charge on any atom is -0.436 e. The Bertz CT molecular complexity index is 737. The van der Waals surface area contributed by atoms with Crippen molar-refractivity contribution in [1.29, 1.82) is 0 Å². The van der Waals surface area contributed by atoms with Gasteiger partial charge in [0.2, 0.25) is 0 Å². The molecule has 1 aliphatic heterocycles. The van der Waals surface area contributed by atoms with Gasteiger partial charge in [0.1, 0.15) is 5.75 Å². The van der Waals surface area contributed by atoms with E-state index in [0.717, 1.165) is 31.7 Å². The molecule has 6 nitrogen and oxygen atoms in total. The summed E-state index contributed by atoms with van der Waals surface area (Å²) >= 11 is 0. The molecule has 2 fully saturated rings. The fourth-order valence-electron chi connectivity index (χ4n) is 2.99. The first-order valence-corrected chi connectivity index (χ1v) is 8.94. The first-order valence-electron chi connectivity index (χ1n) is 8.94. The van der Waals surface area contributed by atoms with Crippen LogP contribution < -0.4 is 15.0 Å². The number of carbonyl (C=O) groups is 1. The number of hydrogen-bond acceptors (Lipinski definition) is 5. The van der Waals surface area contributed by atoms with E-state index in [0.29, 0.717) is 23.2 Å². The largest absolute Gasteiger partial charge is 0.436 e. The van der Waals surface area contributed by atoms with Crippen molar-refractivity contribution in [2.45, 2.75) is 38.1 Å². The number of nitrogens with one attached hydrogen (secondary N) is 1. The highest BCUT2D eigenvalue weighted by Gasteiger charge is 2.24. The van der Waals surface area contributed by atoms with Gasteiger partial charge in [-0.05, 0) is 56.4 Å². The number of anilines is 1. The molecule has 2 aliphatic rings. The van der Waals surface area contributed by atoms with E-state index in [2.05, 4.69) is 20.2 Å². The zero-order valence-corrected chi connectivity index (χ0v) is 14.1. The zero-order chi connectivity index (χ0) is 17.1. The Hall–Kier alpha value is -2.63. The lowest BCUT2D eigenvalue weighted by Crippen LogP contribution is -2.30. The molecule has 0 atom stereocenters. The van der Waals surface area contributed by atoms with Gasteiger partial charge in [-0.3, -0.25) is 4.79 Å². The zero-order valence-electron chi connectivity index (χ0n) is 14.1. The quantitative estimate of drug-likeness (QED) is 0.907. The Morgan fingerprint density at radius 2 is 1.76 bits per heavy atom. The van der Waals surface area contributed by atoms with Crippen molar-refractivity contribution in [2.24, 2.45) is 0 Å². The molecule has 130 valence electrons. The number of benzene rings is 1. The van der Waals surface area contributed by atoms with Crippen molar-refractivity contribution in [1.82, 2.24) is 15.3 Å². The van der Waals surface area contributed by atoms with E-state index in [1.807, 2.05) is 0 Å². The molecule has 4 rings (SSSR count). The lowest BCUT2D eigenvalue weighted by atomic mass is 10.1. The van der Waals surface area contributed by atoms with Crippen LogP contribution in [0.5, 0.6) is 11.6 Å². The highest BCUT2D eigenvalue weighted by atomic mass is 16.5. The second-order valence-corrected chi connectivity index (χ2v) is 6.61. The van der Waals surface area contributed by atoms with E-state index < -0.39 is 0 Å². The molecule has 0 unspecified atom stereocenters. The van der Waals surface area contributed by atoms with E-state index >= 15 is 0 Å². The molecule has 1 N–H and O–H groups in total. The Balaban J connectivity index is 1.47. The van der Waals surface area contributed by atoms with Crippen LogP contribution in [-0.4, -0.2) is 35.0 Å². The smallest absolute Gasteiger partial charge is 0.263 e. The molecule has 1 amide bonds. The Morgan fingerprint density at radius 1 is 1.04 bits per heavy atom. The molecular weight excluding hydrogens is 316 g/mol. The molecule has 1 aromatic carbocycles. The normalized spacial score (nSPS) is 17.2. The van der Waals surface area contributed by atoms with Crippen LogP contribution in [0.4, 0.5) is 5.82 Å². The summed E-state index contributed by atoms with van der Waals surface area (Å²) in [4.78, 5) is 23.1. The van der Waals surface area contributed by atoms with Gasteiger partial charge in [0.05, 0.1) is 0 Å². The van der Waals surface area contributed by atoms with Crippen LogP contribution in [0.3, 0.4) is 0 Å². The van der Waals surface area contributed by atoms with Gasteiger partial charge >= 0.3 is 0 Å². The first kappa shape index (κ1) is 15.9. The summed E-state index contributed by atoms with van der Waals surface area (Å²) in [6, 6.07) is 7.52. The highest BCUT2D eigenvalue weighted by Crippen LogP contribution is 2.30. The molecule has 1 aromatic heterocycles. The van der Waals surface area contributed by atoms with Crippen LogP contribution in [0.1, 0.15) is 42.5 Å². The van der Waals surface area contributed by atoms with E-state index in [1.165, 1.54) is 19.3 Å². The fourth-order valence-corrected chi connectivity index (χ4v) is 2.99. The number of piperidine rings is 1. The van der Waals surface area contributed by atoms with E-state index in [1.54, 1.807) is 36.7 Å². The predicted octanol–water partition coefficient (Wildman–Crippen LogP) is 3.15. The molecule has 0 bridgehead atoms. The number of nitrogens with zero attached hydrogens (tertiary/aromatic N) is 3. The fraction of sp³-hybridized carbons (Fsp3) is 0.421. The maximum Gasteiger partial charge on any atom is 0.263 e. The maximum atomic E-state index is 12.0. The predicted molar refractivity (Wildman–Crippen MR) is 95.1 cm³/mol. The number of amides is 1. The molecule has 2 aromatic rings. The number of hydrogen-bond donors (Lipinski definition) is 1. The van der Waals surface area contributed by atoms with Crippen LogP contribution in [0, 0.1) is 0 Å². The summed E-state index contributed by atoms with van der Waals surface area (Å²) in [6.45, 7) is 1.96. The van der Waals surface area contributed by atoms with Gasteiger partial charge in [-0.15, -0.1) is 0 Å².